The Morgan fingerprint density at radius 3 is 2.82 bits per heavy atom. The van der Waals surface area contributed by atoms with Crippen LogP contribution in [0.4, 0.5) is 11.4 Å². The molecule has 0 radical (unpaired) electrons. The zero-order chi connectivity index (χ0) is 15.5. The van der Waals surface area contributed by atoms with Crippen molar-refractivity contribution in [2.75, 3.05) is 5.73 Å². The molecule has 1 heterocycles. The number of rotatable bonds is 5. The molecule has 2 aromatic rings. The van der Waals surface area contributed by atoms with E-state index >= 15 is 0 Å². The molecular formula is C15H18N4O3. The van der Waals surface area contributed by atoms with E-state index in [1.807, 2.05) is 16.9 Å². The highest BCUT2D eigenvalue weighted by molar-refractivity contribution is 5.60. The van der Waals surface area contributed by atoms with E-state index in [2.05, 4.69) is 5.10 Å². The van der Waals surface area contributed by atoms with Crippen LogP contribution in [0.3, 0.4) is 0 Å². The van der Waals surface area contributed by atoms with Gasteiger partial charge in [-0.1, -0.05) is 12.8 Å². The first-order valence-electron chi connectivity index (χ1n) is 7.34. The Balaban J connectivity index is 1.62. The zero-order valence-electron chi connectivity index (χ0n) is 12.1. The predicted octanol–water partition coefficient (Wildman–Crippen LogP) is 3.07. The van der Waals surface area contributed by atoms with Crippen molar-refractivity contribution in [1.82, 2.24) is 9.78 Å². The van der Waals surface area contributed by atoms with E-state index in [1.165, 1.54) is 37.8 Å². The maximum Gasteiger partial charge on any atom is 0.292 e. The molecule has 0 saturated heterocycles. The SMILES string of the molecule is Nc1cc(OCc2ccn(C3CCCC3)n2)ccc1[N+](=O)[O-]. The lowest BCUT2D eigenvalue weighted by Crippen LogP contribution is -2.06. The van der Waals surface area contributed by atoms with E-state index in [0.717, 1.165) is 5.69 Å². The summed E-state index contributed by atoms with van der Waals surface area (Å²) in [6, 6.07) is 6.80. The van der Waals surface area contributed by atoms with Crippen LogP contribution < -0.4 is 10.5 Å². The molecule has 0 spiro atoms. The van der Waals surface area contributed by atoms with Crippen molar-refractivity contribution >= 4 is 11.4 Å². The highest BCUT2D eigenvalue weighted by Gasteiger charge is 2.17. The van der Waals surface area contributed by atoms with Crippen LogP contribution in [0.25, 0.3) is 0 Å². The van der Waals surface area contributed by atoms with Crippen molar-refractivity contribution in [3.8, 4) is 5.75 Å². The monoisotopic (exact) mass is 302 g/mol. The number of hydrogen-bond donors (Lipinski definition) is 1. The Bertz CT molecular complexity index is 677. The van der Waals surface area contributed by atoms with Crippen molar-refractivity contribution in [3.63, 3.8) is 0 Å². The van der Waals surface area contributed by atoms with Crippen LogP contribution in [-0.4, -0.2) is 14.7 Å². The van der Waals surface area contributed by atoms with Gasteiger partial charge in [0.1, 0.15) is 18.0 Å². The molecule has 116 valence electrons. The number of anilines is 1. The molecule has 0 atom stereocenters. The average Bonchev–Trinajstić information content (AvgIpc) is 3.16. The summed E-state index contributed by atoms with van der Waals surface area (Å²) in [6.45, 7) is 0.316. The Morgan fingerprint density at radius 1 is 1.36 bits per heavy atom. The van der Waals surface area contributed by atoms with Gasteiger partial charge in [0, 0.05) is 18.3 Å². The smallest absolute Gasteiger partial charge is 0.292 e. The Kier molecular flexibility index (Phi) is 3.95. The molecule has 1 aliphatic rings. The molecule has 1 aromatic heterocycles. The summed E-state index contributed by atoms with van der Waals surface area (Å²) in [5.74, 6) is 0.499. The molecular weight excluding hydrogens is 284 g/mol. The molecule has 1 saturated carbocycles. The molecule has 0 amide bonds. The maximum absolute atomic E-state index is 10.7. The molecule has 0 aliphatic heterocycles. The molecule has 1 aliphatic carbocycles. The van der Waals surface area contributed by atoms with E-state index in [9.17, 15) is 10.1 Å². The lowest BCUT2D eigenvalue weighted by molar-refractivity contribution is -0.383. The van der Waals surface area contributed by atoms with Gasteiger partial charge in [-0.3, -0.25) is 14.8 Å². The van der Waals surface area contributed by atoms with Gasteiger partial charge in [-0.2, -0.15) is 5.10 Å². The Labute approximate surface area is 127 Å². The molecule has 7 heteroatoms. The second kappa shape index (κ2) is 6.05. The number of nitro benzene ring substituents is 1. The first-order valence-corrected chi connectivity index (χ1v) is 7.34. The summed E-state index contributed by atoms with van der Waals surface area (Å²) in [5.41, 5.74) is 6.46. The fourth-order valence-electron chi connectivity index (χ4n) is 2.77. The molecule has 2 N–H and O–H groups in total. The molecule has 0 unspecified atom stereocenters. The van der Waals surface area contributed by atoms with Gasteiger partial charge in [0.25, 0.3) is 5.69 Å². The third-order valence-corrected chi connectivity index (χ3v) is 3.94. The van der Waals surface area contributed by atoms with E-state index < -0.39 is 4.92 Å². The van der Waals surface area contributed by atoms with Crippen LogP contribution in [0.1, 0.15) is 37.4 Å². The first kappa shape index (κ1) is 14.4. The summed E-state index contributed by atoms with van der Waals surface area (Å²) in [6.07, 6.45) is 6.87. The van der Waals surface area contributed by atoms with Crippen LogP contribution in [0, 0.1) is 10.1 Å². The topological polar surface area (TPSA) is 96.2 Å². The predicted molar refractivity (Wildman–Crippen MR) is 81.6 cm³/mol. The molecule has 1 aromatic carbocycles. The fourth-order valence-corrected chi connectivity index (χ4v) is 2.77. The van der Waals surface area contributed by atoms with Gasteiger partial charge < -0.3 is 10.5 Å². The lowest BCUT2D eigenvalue weighted by atomic mass is 10.2. The largest absolute Gasteiger partial charge is 0.487 e. The van der Waals surface area contributed by atoms with Crippen LogP contribution >= 0.6 is 0 Å². The number of ether oxygens (including phenoxy) is 1. The second-order valence-corrected chi connectivity index (χ2v) is 5.49. The summed E-state index contributed by atoms with van der Waals surface area (Å²) in [7, 11) is 0. The van der Waals surface area contributed by atoms with Crippen molar-refractivity contribution in [1.29, 1.82) is 0 Å². The minimum absolute atomic E-state index is 0.0963. The Morgan fingerprint density at radius 2 is 2.14 bits per heavy atom. The number of aromatic nitrogens is 2. The number of nitrogens with two attached hydrogens (primary N) is 1. The van der Waals surface area contributed by atoms with Gasteiger partial charge in [-0.25, -0.2) is 0 Å². The average molecular weight is 302 g/mol. The minimum atomic E-state index is -0.512. The van der Waals surface area contributed by atoms with Crippen LogP contribution in [0.2, 0.25) is 0 Å². The van der Waals surface area contributed by atoms with Gasteiger partial charge in [-0.15, -0.1) is 0 Å². The summed E-state index contributed by atoms with van der Waals surface area (Å²) in [5, 5.41) is 15.2. The molecule has 3 rings (SSSR count). The molecule has 7 nitrogen and oxygen atoms in total. The van der Waals surface area contributed by atoms with Crippen molar-refractivity contribution in [2.45, 2.75) is 38.3 Å². The maximum atomic E-state index is 10.7. The highest BCUT2D eigenvalue weighted by atomic mass is 16.6. The summed E-state index contributed by atoms with van der Waals surface area (Å²) >= 11 is 0. The molecule has 22 heavy (non-hydrogen) atoms. The molecule has 0 bridgehead atoms. The normalized spacial score (nSPS) is 15.1. The number of hydrogen-bond acceptors (Lipinski definition) is 5. The number of nitrogens with zero attached hydrogens (tertiary/aromatic N) is 3. The van der Waals surface area contributed by atoms with E-state index in [-0.39, 0.29) is 11.4 Å². The Hall–Kier alpha value is -2.57. The standard InChI is InChI=1S/C15H18N4O3/c16-14-9-13(5-6-15(14)19(20)21)22-10-11-7-8-18(17-11)12-3-1-2-4-12/h5-9,12H,1-4,10,16H2. The van der Waals surface area contributed by atoms with E-state index in [0.29, 0.717) is 18.4 Å². The zero-order valence-corrected chi connectivity index (χ0v) is 12.1. The number of benzene rings is 1. The summed E-state index contributed by atoms with van der Waals surface area (Å²) < 4.78 is 7.61. The second-order valence-electron chi connectivity index (χ2n) is 5.49. The van der Waals surface area contributed by atoms with E-state index in [1.54, 1.807) is 6.07 Å². The summed E-state index contributed by atoms with van der Waals surface area (Å²) in [4.78, 5) is 10.2. The van der Waals surface area contributed by atoms with Gasteiger partial charge in [0.2, 0.25) is 0 Å². The van der Waals surface area contributed by atoms with Gasteiger partial charge in [0.05, 0.1) is 16.7 Å². The van der Waals surface area contributed by atoms with Gasteiger partial charge in [-0.05, 0) is 25.0 Å². The van der Waals surface area contributed by atoms with Crippen molar-refractivity contribution in [2.24, 2.45) is 0 Å². The fraction of sp³-hybridized carbons (Fsp3) is 0.400. The third kappa shape index (κ3) is 3.03. The number of nitrogen functional groups attached to an aromatic ring is 1. The lowest BCUT2D eigenvalue weighted by Gasteiger charge is -2.09. The molecule has 1 fully saturated rings. The highest BCUT2D eigenvalue weighted by Crippen LogP contribution is 2.29. The third-order valence-electron chi connectivity index (χ3n) is 3.94. The van der Waals surface area contributed by atoms with Crippen molar-refractivity contribution in [3.05, 3.63) is 46.3 Å². The van der Waals surface area contributed by atoms with Gasteiger partial charge in [0.15, 0.2) is 0 Å². The van der Waals surface area contributed by atoms with Crippen LogP contribution in [0.5, 0.6) is 5.75 Å². The van der Waals surface area contributed by atoms with Crippen molar-refractivity contribution < 1.29 is 9.66 Å². The minimum Gasteiger partial charge on any atom is -0.487 e. The number of nitro groups is 1. The van der Waals surface area contributed by atoms with E-state index in [4.69, 9.17) is 10.5 Å². The van der Waals surface area contributed by atoms with Gasteiger partial charge >= 0.3 is 0 Å². The van der Waals surface area contributed by atoms with Crippen LogP contribution in [-0.2, 0) is 6.61 Å². The van der Waals surface area contributed by atoms with Crippen LogP contribution in [0.15, 0.2) is 30.5 Å². The first-order chi connectivity index (χ1) is 10.6. The quantitative estimate of drug-likeness (QED) is 0.520.